The Morgan fingerprint density at radius 1 is 1.79 bits per heavy atom. The van der Waals surface area contributed by atoms with E-state index in [1.54, 1.807) is 0 Å². The molecule has 6 heteroatoms. The molecule has 1 fully saturated rings. The summed E-state index contributed by atoms with van der Waals surface area (Å²) in [5.41, 5.74) is 0. The van der Waals surface area contributed by atoms with Crippen LogP contribution in [0.4, 0.5) is 9.59 Å². The Morgan fingerprint density at radius 2 is 2.57 bits per heavy atom. The van der Waals surface area contributed by atoms with E-state index in [9.17, 15) is 9.59 Å². The zero-order valence-electron chi connectivity index (χ0n) is 7.52. The van der Waals surface area contributed by atoms with Gasteiger partial charge in [0.05, 0.1) is 0 Å². The second-order valence-electron chi connectivity index (χ2n) is 2.57. The molecule has 0 radical (unpaired) electrons. The minimum absolute atomic E-state index is 0.00524. The second kappa shape index (κ2) is 5.11. The zero-order chi connectivity index (χ0) is 10.4. The molecule has 0 aromatic carbocycles. The molecule has 1 unspecified atom stereocenters. The number of ether oxygens (including phenoxy) is 3. The number of rotatable bonds is 4. The topological polar surface area (TPSA) is 73.9 Å². The molecule has 1 amide bonds. The van der Waals surface area contributed by atoms with Gasteiger partial charge in [-0.2, -0.15) is 0 Å². The summed E-state index contributed by atoms with van der Waals surface area (Å²) in [5, 5.41) is 2.41. The Balaban J connectivity index is 2.10. The third-order valence-corrected chi connectivity index (χ3v) is 1.44. The van der Waals surface area contributed by atoms with Crippen LogP contribution in [0.5, 0.6) is 0 Å². The van der Waals surface area contributed by atoms with Crippen LogP contribution in [0, 0.1) is 0 Å². The fraction of sp³-hybridized carbons (Fsp3) is 0.500. The number of carbonyl (C=O) groups is 2. The molecule has 14 heavy (non-hydrogen) atoms. The van der Waals surface area contributed by atoms with Crippen molar-refractivity contribution in [2.45, 2.75) is 6.10 Å². The lowest BCUT2D eigenvalue weighted by Gasteiger charge is -2.07. The lowest BCUT2D eigenvalue weighted by Crippen LogP contribution is -2.28. The van der Waals surface area contributed by atoms with Gasteiger partial charge in [-0.25, -0.2) is 9.59 Å². The van der Waals surface area contributed by atoms with Crippen LogP contribution in [0.25, 0.3) is 0 Å². The molecule has 1 N–H and O–H groups in total. The quantitative estimate of drug-likeness (QED) is 0.527. The van der Waals surface area contributed by atoms with Crippen LogP contribution in [0.1, 0.15) is 0 Å². The van der Waals surface area contributed by atoms with Crippen molar-refractivity contribution in [1.82, 2.24) is 5.32 Å². The molecular formula is C8H11NO5. The molecule has 1 heterocycles. The summed E-state index contributed by atoms with van der Waals surface area (Å²) < 4.78 is 13.8. The smallest absolute Gasteiger partial charge is 0.445 e. The lowest BCUT2D eigenvalue weighted by molar-refractivity contribution is 0.0731. The highest BCUT2D eigenvalue weighted by Crippen LogP contribution is 2.05. The van der Waals surface area contributed by atoms with E-state index >= 15 is 0 Å². The molecule has 0 bridgehead atoms. The van der Waals surface area contributed by atoms with Gasteiger partial charge in [-0.1, -0.05) is 6.08 Å². The van der Waals surface area contributed by atoms with Gasteiger partial charge in [0.1, 0.15) is 13.2 Å². The maximum absolute atomic E-state index is 10.9. The van der Waals surface area contributed by atoms with E-state index in [4.69, 9.17) is 4.74 Å². The number of carbonyl (C=O) groups excluding carboxylic acids is 2. The van der Waals surface area contributed by atoms with Crippen molar-refractivity contribution < 1.29 is 23.8 Å². The summed E-state index contributed by atoms with van der Waals surface area (Å²) in [6.45, 7) is 3.87. The van der Waals surface area contributed by atoms with E-state index in [0.29, 0.717) is 6.54 Å². The third-order valence-electron chi connectivity index (χ3n) is 1.44. The Labute approximate surface area is 80.8 Å². The summed E-state index contributed by atoms with van der Waals surface area (Å²) in [5.74, 6) is 0. The zero-order valence-corrected chi connectivity index (χ0v) is 7.52. The molecule has 6 nitrogen and oxygen atoms in total. The SMILES string of the molecule is C=CCNC(=O)OCC1COC(=O)O1. The first-order valence-corrected chi connectivity index (χ1v) is 4.07. The van der Waals surface area contributed by atoms with Gasteiger partial charge in [0.25, 0.3) is 0 Å². The first kappa shape index (κ1) is 10.4. The van der Waals surface area contributed by atoms with Crippen molar-refractivity contribution >= 4 is 12.2 Å². The molecular weight excluding hydrogens is 190 g/mol. The molecule has 0 spiro atoms. The average molecular weight is 201 g/mol. The predicted molar refractivity (Wildman–Crippen MR) is 45.8 cm³/mol. The standard InChI is InChI=1S/C8H11NO5/c1-2-3-9-7(10)12-4-6-5-13-8(11)14-6/h2,6H,1,3-5H2,(H,9,10). The number of amides is 1. The van der Waals surface area contributed by atoms with Gasteiger partial charge in [0.15, 0.2) is 6.10 Å². The summed E-state index contributed by atoms with van der Waals surface area (Å²) in [7, 11) is 0. The summed E-state index contributed by atoms with van der Waals surface area (Å²) in [4.78, 5) is 21.3. The molecule has 0 aliphatic carbocycles. The number of alkyl carbamates (subject to hydrolysis) is 1. The third kappa shape index (κ3) is 3.34. The Kier molecular flexibility index (Phi) is 3.78. The lowest BCUT2D eigenvalue weighted by atomic mass is 10.4. The summed E-state index contributed by atoms with van der Waals surface area (Å²) >= 11 is 0. The van der Waals surface area contributed by atoms with Gasteiger partial charge in [-0.05, 0) is 0 Å². The van der Waals surface area contributed by atoms with E-state index in [2.05, 4.69) is 21.4 Å². The number of cyclic esters (lactones) is 2. The monoisotopic (exact) mass is 201 g/mol. The van der Waals surface area contributed by atoms with Crippen LogP contribution in [-0.2, 0) is 14.2 Å². The van der Waals surface area contributed by atoms with E-state index in [1.807, 2.05) is 0 Å². The Morgan fingerprint density at radius 3 is 3.14 bits per heavy atom. The molecule has 78 valence electrons. The molecule has 0 aromatic heterocycles. The minimum Gasteiger partial charge on any atom is -0.445 e. The molecule has 1 saturated heterocycles. The molecule has 1 aliphatic heterocycles. The molecule has 1 aliphatic rings. The van der Waals surface area contributed by atoms with E-state index < -0.39 is 18.4 Å². The van der Waals surface area contributed by atoms with E-state index in [1.165, 1.54) is 6.08 Å². The molecule has 1 atom stereocenters. The van der Waals surface area contributed by atoms with Crippen molar-refractivity contribution in [1.29, 1.82) is 0 Å². The normalized spacial score (nSPS) is 19.4. The highest BCUT2D eigenvalue weighted by atomic mass is 16.8. The summed E-state index contributed by atoms with van der Waals surface area (Å²) in [6, 6.07) is 0. The molecule has 0 saturated carbocycles. The maximum atomic E-state index is 10.9. The number of nitrogens with one attached hydrogen (secondary N) is 1. The fourth-order valence-electron chi connectivity index (χ4n) is 0.822. The van der Waals surface area contributed by atoms with Gasteiger partial charge in [-0.15, -0.1) is 6.58 Å². The van der Waals surface area contributed by atoms with Gasteiger partial charge in [0, 0.05) is 6.54 Å². The van der Waals surface area contributed by atoms with Crippen molar-refractivity contribution in [2.24, 2.45) is 0 Å². The van der Waals surface area contributed by atoms with Crippen LogP contribution < -0.4 is 5.32 Å². The van der Waals surface area contributed by atoms with Crippen molar-refractivity contribution in [2.75, 3.05) is 19.8 Å². The maximum Gasteiger partial charge on any atom is 0.508 e. The number of hydrogen-bond acceptors (Lipinski definition) is 5. The highest BCUT2D eigenvalue weighted by Gasteiger charge is 2.25. The van der Waals surface area contributed by atoms with E-state index in [0.717, 1.165) is 0 Å². The first-order valence-electron chi connectivity index (χ1n) is 4.07. The Hall–Kier alpha value is -1.72. The van der Waals surface area contributed by atoms with Gasteiger partial charge in [-0.3, -0.25) is 0 Å². The summed E-state index contributed by atoms with van der Waals surface area (Å²) in [6.07, 6.45) is -0.283. The Bertz CT molecular complexity index is 240. The molecule has 0 aromatic rings. The predicted octanol–water partition coefficient (Wildman–Crippen LogP) is 0.434. The van der Waals surface area contributed by atoms with E-state index in [-0.39, 0.29) is 13.2 Å². The van der Waals surface area contributed by atoms with Crippen LogP contribution >= 0.6 is 0 Å². The largest absolute Gasteiger partial charge is 0.508 e. The van der Waals surface area contributed by atoms with Crippen molar-refractivity contribution in [3.8, 4) is 0 Å². The van der Waals surface area contributed by atoms with Crippen molar-refractivity contribution in [3.63, 3.8) is 0 Å². The first-order chi connectivity index (χ1) is 6.72. The molecule has 1 rings (SSSR count). The van der Waals surface area contributed by atoms with Crippen LogP contribution in [0.2, 0.25) is 0 Å². The van der Waals surface area contributed by atoms with Crippen LogP contribution in [0.15, 0.2) is 12.7 Å². The fourth-order valence-corrected chi connectivity index (χ4v) is 0.822. The van der Waals surface area contributed by atoms with Gasteiger partial charge < -0.3 is 19.5 Å². The second-order valence-corrected chi connectivity index (χ2v) is 2.57. The minimum atomic E-state index is -0.731. The van der Waals surface area contributed by atoms with Crippen LogP contribution in [0.3, 0.4) is 0 Å². The highest BCUT2D eigenvalue weighted by molar-refractivity contribution is 5.67. The number of hydrogen-bond donors (Lipinski definition) is 1. The van der Waals surface area contributed by atoms with Crippen molar-refractivity contribution in [3.05, 3.63) is 12.7 Å². The van der Waals surface area contributed by atoms with Crippen LogP contribution in [-0.4, -0.2) is 38.1 Å². The van der Waals surface area contributed by atoms with Gasteiger partial charge in [0.2, 0.25) is 0 Å². The average Bonchev–Trinajstić information content (AvgIpc) is 2.58. The van der Waals surface area contributed by atoms with Gasteiger partial charge >= 0.3 is 12.2 Å².